The topological polar surface area (TPSA) is 84.2 Å². The summed E-state index contributed by atoms with van der Waals surface area (Å²) in [6, 6.07) is 7.37. The van der Waals surface area contributed by atoms with E-state index in [9.17, 15) is 9.59 Å². The summed E-state index contributed by atoms with van der Waals surface area (Å²) >= 11 is 0. The quantitative estimate of drug-likeness (QED) is 0.750. The van der Waals surface area contributed by atoms with Gasteiger partial charge in [0, 0.05) is 31.6 Å². The Bertz CT molecular complexity index is 522. The van der Waals surface area contributed by atoms with Gasteiger partial charge in [0.1, 0.15) is 0 Å². The molecule has 4 N–H and O–H groups in total. The third kappa shape index (κ3) is 5.36. The first-order valence-corrected chi connectivity index (χ1v) is 8.44. The van der Waals surface area contributed by atoms with Crippen molar-refractivity contribution in [3.8, 4) is 0 Å². The van der Waals surface area contributed by atoms with E-state index in [2.05, 4.69) is 10.6 Å². The number of rotatable bonds is 6. The molecule has 5 nitrogen and oxygen atoms in total. The Morgan fingerprint density at radius 2 is 1.83 bits per heavy atom. The Morgan fingerprint density at radius 1 is 1.17 bits per heavy atom. The van der Waals surface area contributed by atoms with E-state index in [1.807, 2.05) is 12.1 Å². The third-order valence-electron chi connectivity index (χ3n) is 4.55. The van der Waals surface area contributed by atoms with Crippen LogP contribution in [0.3, 0.4) is 0 Å². The highest BCUT2D eigenvalue weighted by atomic mass is 16.2. The van der Waals surface area contributed by atoms with Gasteiger partial charge in [-0.2, -0.15) is 0 Å². The van der Waals surface area contributed by atoms with Crippen LogP contribution in [0.4, 0.5) is 0 Å². The molecule has 23 heavy (non-hydrogen) atoms. The normalized spacial score (nSPS) is 16.6. The molecule has 5 heteroatoms. The number of nitrogens with one attached hydrogen (secondary N) is 2. The first-order valence-electron chi connectivity index (χ1n) is 8.44. The van der Waals surface area contributed by atoms with Gasteiger partial charge < -0.3 is 16.4 Å². The molecule has 1 aromatic rings. The molecular formula is C18H27N3O2. The third-order valence-corrected chi connectivity index (χ3v) is 4.55. The first kappa shape index (κ1) is 17.5. The van der Waals surface area contributed by atoms with Crippen molar-refractivity contribution >= 4 is 11.8 Å². The fourth-order valence-corrected chi connectivity index (χ4v) is 3.16. The van der Waals surface area contributed by atoms with E-state index in [1.165, 1.54) is 26.2 Å². The van der Waals surface area contributed by atoms with Gasteiger partial charge in [0.05, 0.1) is 0 Å². The van der Waals surface area contributed by atoms with Crippen LogP contribution in [0.2, 0.25) is 0 Å². The van der Waals surface area contributed by atoms with Gasteiger partial charge in [-0.1, -0.05) is 31.4 Å². The number of benzene rings is 1. The molecule has 126 valence electrons. The van der Waals surface area contributed by atoms with E-state index in [0.717, 1.165) is 18.4 Å². The zero-order valence-corrected chi connectivity index (χ0v) is 13.8. The summed E-state index contributed by atoms with van der Waals surface area (Å²) in [6.45, 7) is 2.45. The second kappa shape index (κ2) is 8.67. The van der Waals surface area contributed by atoms with E-state index < -0.39 is 0 Å². The van der Waals surface area contributed by atoms with Crippen molar-refractivity contribution in [3.05, 3.63) is 35.4 Å². The van der Waals surface area contributed by atoms with Crippen molar-refractivity contribution in [2.24, 2.45) is 11.7 Å². The minimum absolute atomic E-state index is 0.0573. The molecule has 0 radical (unpaired) electrons. The van der Waals surface area contributed by atoms with Crippen molar-refractivity contribution < 1.29 is 9.59 Å². The molecule has 1 fully saturated rings. The van der Waals surface area contributed by atoms with Gasteiger partial charge in [0.15, 0.2) is 0 Å². The lowest BCUT2D eigenvalue weighted by atomic mass is 9.84. The Labute approximate surface area is 138 Å². The molecule has 1 aromatic carbocycles. The van der Waals surface area contributed by atoms with Crippen molar-refractivity contribution in [1.82, 2.24) is 10.6 Å². The van der Waals surface area contributed by atoms with Crippen LogP contribution in [0.1, 0.15) is 54.9 Å². The highest BCUT2D eigenvalue weighted by molar-refractivity contribution is 5.94. The maximum Gasteiger partial charge on any atom is 0.251 e. The van der Waals surface area contributed by atoms with Gasteiger partial charge in [0.25, 0.3) is 5.91 Å². The Balaban J connectivity index is 1.92. The van der Waals surface area contributed by atoms with Crippen LogP contribution in [0.5, 0.6) is 0 Å². The average Bonchev–Trinajstić information content (AvgIpc) is 2.58. The molecule has 1 aliphatic rings. The van der Waals surface area contributed by atoms with Gasteiger partial charge >= 0.3 is 0 Å². The zero-order valence-electron chi connectivity index (χ0n) is 13.8. The monoisotopic (exact) mass is 317 g/mol. The summed E-state index contributed by atoms with van der Waals surface area (Å²) in [6.07, 6.45) is 6.05. The molecule has 0 aliphatic heterocycles. The lowest BCUT2D eigenvalue weighted by Gasteiger charge is -2.30. The zero-order chi connectivity index (χ0) is 16.7. The van der Waals surface area contributed by atoms with Crippen LogP contribution in [0.15, 0.2) is 24.3 Å². The van der Waals surface area contributed by atoms with E-state index in [0.29, 0.717) is 24.6 Å². The fraction of sp³-hybridized carbons (Fsp3) is 0.556. The van der Waals surface area contributed by atoms with Crippen molar-refractivity contribution in [2.45, 2.75) is 51.6 Å². The molecule has 0 bridgehead atoms. The molecule has 2 rings (SSSR count). The van der Waals surface area contributed by atoms with Crippen molar-refractivity contribution in [3.63, 3.8) is 0 Å². The largest absolute Gasteiger partial charge is 0.352 e. The summed E-state index contributed by atoms with van der Waals surface area (Å²) in [5.41, 5.74) is 7.47. The molecule has 0 spiro atoms. The van der Waals surface area contributed by atoms with Crippen LogP contribution in [-0.4, -0.2) is 24.4 Å². The number of hydrogen-bond acceptors (Lipinski definition) is 3. The molecule has 1 unspecified atom stereocenters. The van der Waals surface area contributed by atoms with E-state index in [-0.39, 0.29) is 17.9 Å². The number of amides is 2. The van der Waals surface area contributed by atoms with Crippen molar-refractivity contribution in [2.75, 3.05) is 6.54 Å². The second-order valence-corrected chi connectivity index (χ2v) is 6.32. The predicted molar refractivity (Wildman–Crippen MR) is 90.8 cm³/mol. The van der Waals surface area contributed by atoms with Gasteiger partial charge in [-0.3, -0.25) is 9.59 Å². The SMILES string of the molecule is CC(=O)NCc1ccc(C(=O)NC(CN)C2CCCCC2)cc1. The molecule has 1 saturated carbocycles. The highest BCUT2D eigenvalue weighted by Crippen LogP contribution is 2.26. The Hall–Kier alpha value is -1.88. The van der Waals surface area contributed by atoms with Gasteiger partial charge in [-0.05, 0) is 36.5 Å². The standard InChI is InChI=1S/C18H27N3O2/c1-13(22)20-12-14-7-9-16(10-8-14)18(23)21-17(11-19)15-5-3-2-4-6-15/h7-10,15,17H,2-6,11-12,19H2,1H3,(H,20,22)(H,21,23). The summed E-state index contributed by atoms with van der Waals surface area (Å²) in [4.78, 5) is 23.3. The predicted octanol–water partition coefficient (Wildman–Crippen LogP) is 1.96. The smallest absolute Gasteiger partial charge is 0.251 e. The van der Waals surface area contributed by atoms with Gasteiger partial charge in [-0.15, -0.1) is 0 Å². The molecule has 1 atom stereocenters. The van der Waals surface area contributed by atoms with Crippen LogP contribution in [-0.2, 0) is 11.3 Å². The number of hydrogen-bond donors (Lipinski definition) is 3. The molecule has 2 amide bonds. The highest BCUT2D eigenvalue weighted by Gasteiger charge is 2.24. The first-order chi connectivity index (χ1) is 11.1. The number of carbonyl (C=O) groups excluding carboxylic acids is 2. The van der Waals surface area contributed by atoms with E-state index in [1.54, 1.807) is 12.1 Å². The number of nitrogens with two attached hydrogens (primary N) is 1. The second-order valence-electron chi connectivity index (χ2n) is 6.32. The van der Waals surface area contributed by atoms with Crippen LogP contribution < -0.4 is 16.4 Å². The maximum atomic E-state index is 12.4. The summed E-state index contributed by atoms with van der Waals surface area (Å²) in [7, 11) is 0. The lowest BCUT2D eigenvalue weighted by Crippen LogP contribution is -2.45. The van der Waals surface area contributed by atoms with Crippen molar-refractivity contribution in [1.29, 1.82) is 0 Å². The van der Waals surface area contributed by atoms with E-state index in [4.69, 9.17) is 5.73 Å². The molecular weight excluding hydrogens is 290 g/mol. The summed E-state index contributed by atoms with van der Waals surface area (Å²) in [5, 5.41) is 5.83. The number of carbonyl (C=O) groups is 2. The Kier molecular flexibility index (Phi) is 6.59. The summed E-state index contributed by atoms with van der Waals surface area (Å²) < 4.78 is 0. The molecule has 1 aliphatic carbocycles. The van der Waals surface area contributed by atoms with E-state index >= 15 is 0 Å². The van der Waals surface area contributed by atoms with Crippen LogP contribution in [0, 0.1) is 5.92 Å². The molecule has 0 aromatic heterocycles. The average molecular weight is 317 g/mol. The minimum atomic E-state index is -0.0721. The lowest BCUT2D eigenvalue weighted by molar-refractivity contribution is -0.119. The van der Waals surface area contributed by atoms with Gasteiger partial charge in [0.2, 0.25) is 5.91 Å². The summed E-state index contributed by atoms with van der Waals surface area (Å²) in [5.74, 6) is 0.360. The fourth-order valence-electron chi connectivity index (χ4n) is 3.16. The minimum Gasteiger partial charge on any atom is -0.352 e. The maximum absolute atomic E-state index is 12.4. The Morgan fingerprint density at radius 3 is 2.39 bits per heavy atom. The van der Waals surface area contributed by atoms with Crippen LogP contribution in [0.25, 0.3) is 0 Å². The molecule has 0 heterocycles. The molecule has 0 saturated heterocycles. The van der Waals surface area contributed by atoms with Crippen LogP contribution >= 0.6 is 0 Å². The van der Waals surface area contributed by atoms with Gasteiger partial charge in [-0.25, -0.2) is 0 Å².